The average molecular weight is 230 g/mol. The Labute approximate surface area is 95.0 Å². The molecule has 0 unspecified atom stereocenters. The van der Waals surface area contributed by atoms with Gasteiger partial charge in [0.2, 0.25) is 0 Å². The Bertz CT molecular complexity index is 235. The number of carbonyl (C=O) groups is 2. The van der Waals surface area contributed by atoms with E-state index in [1.165, 1.54) is 6.26 Å². The molecule has 0 radical (unpaired) electrons. The van der Waals surface area contributed by atoms with Crippen LogP contribution < -0.4 is 0 Å². The van der Waals surface area contributed by atoms with Crippen LogP contribution in [-0.2, 0) is 19.1 Å². The highest BCUT2D eigenvalue weighted by atomic mass is 16.6. The topological polar surface area (TPSA) is 72.8 Å². The van der Waals surface area contributed by atoms with E-state index in [9.17, 15) is 9.59 Å². The van der Waals surface area contributed by atoms with Crippen molar-refractivity contribution >= 4 is 11.9 Å². The van der Waals surface area contributed by atoms with Crippen LogP contribution in [0.1, 0.15) is 32.6 Å². The Kier molecular flexibility index (Phi) is 9.06. The zero-order valence-electron chi connectivity index (χ0n) is 9.48. The van der Waals surface area contributed by atoms with Crippen LogP contribution in [0.4, 0.5) is 0 Å². The van der Waals surface area contributed by atoms with E-state index in [2.05, 4.69) is 0 Å². The summed E-state index contributed by atoms with van der Waals surface area (Å²) in [5.41, 5.74) is 0. The van der Waals surface area contributed by atoms with Gasteiger partial charge in [0, 0.05) is 12.8 Å². The van der Waals surface area contributed by atoms with Crippen LogP contribution in [0.25, 0.3) is 0 Å². The summed E-state index contributed by atoms with van der Waals surface area (Å²) in [4.78, 5) is 21.3. The normalized spacial score (nSPS) is 10.3. The molecule has 0 amide bonds. The molecule has 0 aromatic heterocycles. The molecule has 92 valence electrons. The lowest BCUT2D eigenvalue weighted by Crippen LogP contribution is -2.09. The van der Waals surface area contributed by atoms with Gasteiger partial charge >= 0.3 is 11.9 Å². The quantitative estimate of drug-likeness (QED) is 0.371. The van der Waals surface area contributed by atoms with Gasteiger partial charge in [0.25, 0.3) is 0 Å². The number of carboxylic acids is 1. The molecule has 5 heteroatoms. The Morgan fingerprint density at radius 3 is 2.50 bits per heavy atom. The van der Waals surface area contributed by atoms with Gasteiger partial charge in [-0.05, 0) is 19.8 Å². The third-order valence-corrected chi connectivity index (χ3v) is 1.72. The number of allylic oxidation sites excluding steroid dienone is 1. The first kappa shape index (κ1) is 14.5. The van der Waals surface area contributed by atoms with Gasteiger partial charge in [-0.15, -0.1) is 0 Å². The third-order valence-electron chi connectivity index (χ3n) is 1.72. The van der Waals surface area contributed by atoms with Gasteiger partial charge in [0.05, 0.1) is 6.26 Å². The fourth-order valence-corrected chi connectivity index (χ4v) is 0.986. The second-order valence-electron chi connectivity index (χ2n) is 3.16. The first-order valence-corrected chi connectivity index (χ1v) is 5.27. The van der Waals surface area contributed by atoms with Crippen LogP contribution in [-0.4, -0.2) is 30.3 Å². The summed E-state index contributed by atoms with van der Waals surface area (Å²) in [6.07, 6.45) is 4.67. The molecule has 16 heavy (non-hydrogen) atoms. The molecule has 0 atom stereocenters. The molecule has 5 nitrogen and oxygen atoms in total. The van der Waals surface area contributed by atoms with Crippen molar-refractivity contribution in [3.63, 3.8) is 0 Å². The molecule has 0 heterocycles. The molecular formula is C11H18O5. The first-order chi connectivity index (χ1) is 7.66. The maximum atomic E-state index is 11.1. The number of hydrogen-bond acceptors (Lipinski definition) is 4. The van der Waals surface area contributed by atoms with E-state index in [4.69, 9.17) is 14.6 Å². The molecule has 0 aromatic carbocycles. The molecule has 0 saturated carbocycles. The van der Waals surface area contributed by atoms with E-state index in [1.807, 2.05) is 6.92 Å². The minimum Gasteiger partial charge on any atom is -0.498 e. The Morgan fingerprint density at radius 1 is 1.19 bits per heavy atom. The Hall–Kier alpha value is -1.52. The highest BCUT2D eigenvalue weighted by Crippen LogP contribution is 2.01. The molecule has 0 aliphatic rings. The largest absolute Gasteiger partial charge is 0.498 e. The van der Waals surface area contributed by atoms with Crippen LogP contribution in [0.3, 0.4) is 0 Å². The predicted octanol–water partition coefficient (Wildman–Crippen LogP) is 1.72. The van der Waals surface area contributed by atoms with E-state index >= 15 is 0 Å². The van der Waals surface area contributed by atoms with Gasteiger partial charge in [-0.1, -0.05) is 6.08 Å². The van der Waals surface area contributed by atoms with Crippen molar-refractivity contribution in [3.8, 4) is 0 Å². The smallest absolute Gasteiger partial charge is 0.305 e. The van der Waals surface area contributed by atoms with Crippen molar-refractivity contribution < 1.29 is 24.2 Å². The van der Waals surface area contributed by atoms with E-state index in [1.54, 1.807) is 6.08 Å². The molecule has 0 spiro atoms. The molecule has 0 aromatic rings. The van der Waals surface area contributed by atoms with Gasteiger partial charge in [-0.3, -0.25) is 9.59 Å². The minimum absolute atomic E-state index is 0.0949. The molecule has 0 aliphatic carbocycles. The lowest BCUT2D eigenvalue weighted by atomic mass is 10.2. The van der Waals surface area contributed by atoms with Crippen molar-refractivity contribution in [1.82, 2.24) is 0 Å². The number of carboxylic acid groups (broad SMARTS) is 1. The molecule has 0 bridgehead atoms. The fourth-order valence-electron chi connectivity index (χ4n) is 0.986. The summed E-state index contributed by atoms with van der Waals surface area (Å²) in [5.74, 6) is -1.15. The van der Waals surface area contributed by atoms with E-state index < -0.39 is 5.97 Å². The van der Waals surface area contributed by atoms with Crippen molar-refractivity contribution in [2.45, 2.75) is 32.6 Å². The van der Waals surface area contributed by atoms with Gasteiger partial charge in [0.1, 0.15) is 13.2 Å². The standard InChI is InChI=1S/C11H18O5/c1-2-7-15-8-9-16-11(14)6-4-3-5-10(12)13/h2,7H,3-6,8-9H2,1H3,(H,12,13). The lowest BCUT2D eigenvalue weighted by Gasteiger charge is -2.04. The number of aliphatic carboxylic acids is 1. The van der Waals surface area contributed by atoms with Crippen molar-refractivity contribution in [2.75, 3.05) is 13.2 Å². The Morgan fingerprint density at radius 2 is 1.88 bits per heavy atom. The summed E-state index contributed by atoms with van der Waals surface area (Å²) in [7, 11) is 0. The molecular weight excluding hydrogens is 212 g/mol. The van der Waals surface area contributed by atoms with Gasteiger partial charge < -0.3 is 14.6 Å². The first-order valence-electron chi connectivity index (χ1n) is 5.27. The number of rotatable bonds is 9. The van der Waals surface area contributed by atoms with Crippen molar-refractivity contribution in [2.24, 2.45) is 0 Å². The van der Waals surface area contributed by atoms with Crippen molar-refractivity contribution in [1.29, 1.82) is 0 Å². The van der Waals surface area contributed by atoms with Gasteiger partial charge in [-0.25, -0.2) is 0 Å². The van der Waals surface area contributed by atoms with Crippen LogP contribution in [0.15, 0.2) is 12.3 Å². The van der Waals surface area contributed by atoms with Crippen LogP contribution in [0.2, 0.25) is 0 Å². The SMILES string of the molecule is CC=COCCOC(=O)CCCCC(=O)O. The second-order valence-corrected chi connectivity index (χ2v) is 3.16. The molecule has 0 saturated heterocycles. The van der Waals surface area contributed by atoms with Crippen LogP contribution in [0, 0.1) is 0 Å². The summed E-state index contributed by atoms with van der Waals surface area (Å²) < 4.78 is 9.81. The van der Waals surface area contributed by atoms with Gasteiger partial charge in [-0.2, -0.15) is 0 Å². The maximum absolute atomic E-state index is 11.1. The summed E-state index contributed by atoms with van der Waals surface area (Å²) in [6, 6.07) is 0. The fraction of sp³-hybridized carbons (Fsp3) is 0.636. The zero-order chi connectivity index (χ0) is 12.2. The van der Waals surface area contributed by atoms with Crippen LogP contribution >= 0.6 is 0 Å². The van der Waals surface area contributed by atoms with Gasteiger partial charge in [0.15, 0.2) is 0 Å². The summed E-state index contributed by atoms with van der Waals surface area (Å²) >= 11 is 0. The molecule has 1 N–H and O–H groups in total. The zero-order valence-corrected chi connectivity index (χ0v) is 9.48. The highest BCUT2D eigenvalue weighted by Gasteiger charge is 2.03. The van der Waals surface area contributed by atoms with E-state index in [0.29, 0.717) is 19.4 Å². The number of hydrogen-bond donors (Lipinski definition) is 1. The molecule has 0 rings (SSSR count). The summed E-state index contributed by atoms with van der Waals surface area (Å²) in [6.45, 7) is 2.39. The minimum atomic E-state index is -0.840. The second kappa shape index (κ2) is 10.0. The number of carbonyl (C=O) groups excluding carboxylic acids is 1. The maximum Gasteiger partial charge on any atom is 0.305 e. The van der Waals surface area contributed by atoms with E-state index in [-0.39, 0.29) is 25.4 Å². The molecule has 0 aliphatic heterocycles. The monoisotopic (exact) mass is 230 g/mol. The average Bonchev–Trinajstić information content (AvgIpc) is 2.24. The predicted molar refractivity (Wildman–Crippen MR) is 57.8 cm³/mol. The van der Waals surface area contributed by atoms with Crippen LogP contribution in [0.5, 0.6) is 0 Å². The molecule has 0 fully saturated rings. The lowest BCUT2D eigenvalue weighted by molar-refractivity contribution is -0.145. The number of unbranched alkanes of at least 4 members (excludes halogenated alkanes) is 1. The third kappa shape index (κ3) is 10.6. The van der Waals surface area contributed by atoms with E-state index in [0.717, 1.165) is 0 Å². The Balaban J connectivity index is 3.28. The highest BCUT2D eigenvalue weighted by molar-refractivity contribution is 5.69. The van der Waals surface area contributed by atoms with Crippen molar-refractivity contribution in [3.05, 3.63) is 12.3 Å². The number of ether oxygens (including phenoxy) is 2. The summed E-state index contributed by atoms with van der Waals surface area (Å²) in [5, 5.41) is 8.36. The number of esters is 1.